The molecular weight excluding hydrogens is 382 g/mol. The van der Waals surface area contributed by atoms with E-state index in [1.165, 1.54) is 43.7 Å². The third-order valence-electron chi connectivity index (χ3n) is 6.04. The summed E-state index contributed by atoms with van der Waals surface area (Å²) in [4.78, 5) is 23.3. The lowest BCUT2D eigenvalue weighted by atomic mass is 10.00. The monoisotopic (exact) mass is 413 g/mol. The van der Waals surface area contributed by atoms with Crippen molar-refractivity contribution in [3.63, 3.8) is 0 Å². The van der Waals surface area contributed by atoms with E-state index in [1.54, 1.807) is 0 Å². The smallest absolute Gasteiger partial charge is 0.265 e. The van der Waals surface area contributed by atoms with Crippen LogP contribution < -0.4 is 4.74 Å². The molecule has 0 spiro atoms. The average Bonchev–Trinajstić information content (AvgIpc) is 3.16. The molecule has 156 valence electrons. The maximum Gasteiger partial charge on any atom is 0.265 e. The Balaban J connectivity index is 1.42. The maximum atomic E-state index is 13.2. The Morgan fingerprint density at radius 2 is 1.93 bits per heavy atom. The van der Waals surface area contributed by atoms with E-state index in [9.17, 15) is 4.79 Å². The zero-order valence-electron chi connectivity index (χ0n) is 17.5. The van der Waals surface area contributed by atoms with Gasteiger partial charge in [-0.25, -0.2) is 4.98 Å². The highest BCUT2D eigenvalue weighted by atomic mass is 32.1. The fraction of sp³-hybridized carbons (Fsp3) is 0.565. The number of amides is 1. The first-order valence-corrected chi connectivity index (χ1v) is 11.7. The summed E-state index contributed by atoms with van der Waals surface area (Å²) >= 11 is 1.50. The van der Waals surface area contributed by atoms with Gasteiger partial charge in [0.15, 0.2) is 0 Å². The molecule has 6 heteroatoms. The minimum absolute atomic E-state index is 0.143. The summed E-state index contributed by atoms with van der Waals surface area (Å²) in [5.41, 5.74) is 1.84. The quantitative estimate of drug-likeness (QED) is 0.718. The summed E-state index contributed by atoms with van der Waals surface area (Å²) in [6.07, 6.45) is 6.20. The van der Waals surface area contributed by atoms with Crippen molar-refractivity contribution in [2.45, 2.75) is 52.0 Å². The third-order valence-corrected chi connectivity index (χ3v) is 7.24. The summed E-state index contributed by atoms with van der Waals surface area (Å²) in [7, 11) is 0. The summed E-state index contributed by atoms with van der Waals surface area (Å²) in [5, 5.41) is 0.885. The lowest BCUT2D eigenvalue weighted by molar-refractivity contribution is 0.0593. The molecule has 0 saturated carbocycles. The number of carbonyl (C=O) groups is 1. The zero-order chi connectivity index (χ0) is 20.2. The number of benzene rings is 1. The van der Waals surface area contributed by atoms with Crippen LogP contribution in [0.25, 0.3) is 10.6 Å². The Hall–Kier alpha value is -1.92. The first kappa shape index (κ1) is 20.4. The van der Waals surface area contributed by atoms with Gasteiger partial charge in [-0.15, -0.1) is 11.3 Å². The van der Waals surface area contributed by atoms with Crippen LogP contribution in [-0.4, -0.2) is 59.5 Å². The Morgan fingerprint density at radius 3 is 2.66 bits per heavy atom. The van der Waals surface area contributed by atoms with Gasteiger partial charge >= 0.3 is 0 Å². The molecule has 0 atom stereocenters. The predicted octanol–water partition coefficient (Wildman–Crippen LogP) is 4.61. The van der Waals surface area contributed by atoms with Crippen molar-refractivity contribution in [2.24, 2.45) is 0 Å². The van der Waals surface area contributed by atoms with Gasteiger partial charge in [-0.05, 0) is 64.8 Å². The van der Waals surface area contributed by atoms with Crippen molar-refractivity contribution in [3.05, 3.63) is 34.8 Å². The fourth-order valence-corrected chi connectivity index (χ4v) is 5.50. The second-order valence-electron chi connectivity index (χ2n) is 8.01. The summed E-state index contributed by atoms with van der Waals surface area (Å²) in [6.45, 7) is 8.73. The Labute approximate surface area is 177 Å². The molecular formula is C23H31N3O2S. The highest BCUT2D eigenvalue weighted by Crippen LogP contribution is 2.31. The van der Waals surface area contributed by atoms with Gasteiger partial charge in [-0.1, -0.05) is 18.6 Å². The van der Waals surface area contributed by atoms with Crippen molar-refractivity contribution in [1.29, 1.82) is 0 Å². The van der Waals surface area contributed by atoms with Crippen LogP contribution in [0.15, 0.2) is 24.3 Å². The number of hydrogen-bond acceptors (Lipinski definition) is 5. The van der Waals surface area contributed by atoms with Crippen LogP contribution in [-0.2, 0) is 0 Å². The van der Waals surface area contributed by atoms with Gasteiger partial charge in [-0.2, -0.15) is 0 Å². The summed E-state index contributed by atoms with van der Waals surface area (Å²) in [6, 6.07) is 8.61. The molecule has 2 aromatic rings. The van der Waals surface area contributed by atoms with Gasteiger partial charge in [0.25, 0.3) is 5.91 Å². The first-order valence-electron chi connectivity index (χ1n) is 10.9. The molecule has 1 amide bonds. The van der Waals surface area contributed by atoms with Crippen LogP contribution in [0.3, 0.4) is 0 Å². The first-order chi connectivity index (χ1) is 14.2. The largest absolute Gasteiger partial charge is 0.494 e. The van der Waals surface area contributed by atoms with Crippen LogP contribution in [0.5, 0.6) is 5.75 Å². The summed E-state index contributed by atoms with van der Waals surface area (Å²) in [5.74, 6) is 0.981. The number of aryl methyl sites for hydroxylation is 1. The molecule has 5 nitrogen and oxygen atoms in total. The SMILES string of the molecule is CCOc1cccc(-c2nc(C)c(C(=O)N3CCC(N4CCCCC4)CC3)s2)c1. The maximum absolute atomic E-state index is 13.2. The van der Waals surface area contributed by atoms with Crippen LogP contribution in [0.1, 0.15) is 54.4 Å². The molecule has 0 N–H and O–H groups in total. The number of piperidine rings is 2. The van der Waals surface area contributed by atoms with Gasteiger partial charge in [0.05, 0.1) is 12.3 Å². The Bertz CT molecular complexity index is 836. The number of aromatic nitrogens is 1. The molecule has 0 unspecified atom stereocenters. The van der Waals surface area contributed by atoms with E-state index in [4.69, 9.17) is 9.72 Å². The van der Waals surface area contributed by atoms with Crippen molar-refractivity contribution < 1.29 is 9.53 Å². The van der Waals surface area contributed by atoms with Gasteiger partial charge < -0.3 is 14.5 Å². The standard InChI is InChI=1S/C23H31N3O2S/c1-3-28-20-9-7-8-18(16-20)22-24-17(2)21(29-22)23(27)26-14-10-19(11-15-26)25-12-5-4-6-13-25/h7-9,16,19H,3-6,10-15H2,1-2H3. The normalized spacial score (nSPS) is 18.8. The highest BCUT2D eigenvalue weighted by molar-refractivity contribution is 7.17. The number of nitrogens with zero attached hydrogens (tertiary/aromatic N) is 3. The van der Waals surface area contributed by atoms with E-state index in [2.05, 4.69) is 4.90 Å². The predicted molar refractivity (Wildman–Crippen MR) is 118 cm³/mol. The molecule has 2 aliphatic heterocycles. The van der Waals surface area contributed by atoms with Crippen LogP contribution in [0.2, 0.25) is 0 Å². The van der Waals surface area contributed by atoms with Gasteiger partial charge in [0.2, 0.25) is 0 Å². The Morgan fingerprint density at radius 1 is 1.17 bits per heavy atom. The van der Waals surface area contributed by atoms with Crippen molar-refractivity contribution >= 4 is 17.2 Å². The lowest BCUT2D eigenvalue weighted by Gasteiger charge is -2.40. The van der Waals surface area contributed by atoms with E-state index >= 15 is 0 Å². The third kappa shape index (κ3) is 4.64. The van der Waals surface area contributed by atoms with E-state index < -0.39 is 0 Å². The van der Waals surface area contributed by atoms with Crippen LogP contribution >= 0.6 is 11.3 Å². The van der Waals surface area contributed by atoms with E-state index in [0.717, 1.165) is 52.8 Å². The molecule has 0 bridgehead atoms. The molecule has 3 heterocycles. The minimum atomic E-state index is 0.143. The zero-order valence-corrected chi connectivity index (χ0v) is 18.3. The fourth-order valence-electron chi connectivity index (χ4n) is 4.47. The average molecular weight is 414 g/mol. The van der Waals surface area contributed by atoms with E-state index in [0.29, 0.717) is 12.6 Å². The highest BCUT2D eigenvalue weighted by Gasteiger charge is 2.29. The lowest BCUT2D eigenvalue weighted by Crippen LogP contribution is -2.48. The number of rotatable bonds is 5. The van der Waals surface area contributed by atoms with Crippen molar-refractivity contribution in [2.75, 3.05) is 32.8 Å². The van der Waals surface area contributed by atoms with E-state index in [-0.39, 0.29) is 5.91 Å². The topological polar surface area (TPSA) is 45.7 Å². The molecule has 1 aromatic carbocycles. The number of likely N-dealkylation sites (tertiary alicyclic amines) is 2. The van der Waals surface area contributed by atoms with Crippen LogP contribution in [0.4, 0.5) is 0 Å². The van der Waals surface area contributed by atoms with Gasteiger partial charge in [0, 0.05) is 24.7 Å². The Kier molecular flexibility index (Phi) is 6.50. The molecule has 0 aliphatic carbocycles. The molecule has 2 saturated heterocycles. The van der Waals surface area contributed by atoms with Gasteiger partial charge in [-0.3, -0.25) is 4.79 Å². The number of carbonyl (C=O) groups excluding carboxylic acids is 1. The molecule has 29 heavy (non-hydrogen) atoms. The molecule has 0 radical (unpaired) electrons. The molecule has 2 aliphatic rings. The second kappa shape index (κ2) is 9.26. The molecule has 1 aromatic heterocycles. The molecule has 4 rings (SSSR count). The van der Waals surface area contributed by atoms with Crippen molar-refractivity contribution in [3.8, 4) is 16.3 Å². The van der Waals surface area contributed by atoms with E-state index in [1.807, 2.05) is 43.0 Å². The minimum Gasteiger partial charge on any atom is -0.494 e. The number of thiazole rings is 1. The number of ether oxygens (including phenoxy) is 1. The summed E-state index contributed by atoms with van der Waals surface area (Å²) < 4.78 is 5.61. The van der Waals surface area contributed by atoms with Crippen molar-refractivity contribution in [1.82, 2.24) is 14.8 Å². The van der Waals surface area contributed by atoms with Crippen LogP contribution in [0, 0.1) is 6.92 Å². The second-order valence-corrected chi connectivity index (χ2v) is 9.01. The number of hydrogen-bond donors (Lipinski definition) is 0. The molecule has 2 fully saturated rings. The van der Waals surface area contributed by atoms with Gasteiger partial charge in [0.1, 0.15) is 15.6 Å².